The lowest BCUT2D eigenvalue weighted by Crippen LogP contribution is -2.11. The highest BCUT2D eigenvalue weighted by atomic mass is 32.1. The minimum absolute atomic E-state index is 0.299. The van der Waals surface area contributed by atoms with E-state index < -0.39 is 0 Å². The second-order valence-corrected chi connectivity index (χ2v) is 6.14. The van der Waals surface area contributed by atoms with Crippen molar-refractivity contribution < 1.29 is 13.6 Å². The van der Waals surface area contributed by atoms with Gasteiger partial charge in [-0.2, -0.15) is 0 Å². The van der Waals surface area contributed by atoms with Gasteiger partial charge >= 0.3 is 0 Å². The van der Waals surface area contributed by atoms with Crippen LogP contribution in [0, 0.1) is 18.6 Å². The minimum atomic E-state index is -0.349. The van der Waals surface area contributed by atoms with E-state index in [2.05, 4.69) is 5.32 Å². The monoisotopic (exact) mass is 329 g/mol. The number of amides is 1. The summed E-state index contributed by atoms with van der Waals surface area (Å²) in [6, 6.07) is 14.0. The van der Waals surface area contributed by atoms with Crippen LogP contribution >= 0.6 is 11.3 Å². The zero-order valence-corrected chi connectivity index (χ0v) is 13.1. The van der Waals surface area contributed by atoms with Gasteiger partial charge in [-0.05, 0) is 48.9 Å². The Bertz CT molecular complexity index is 873. The number of hydrogen-bond donors (Lipinski definition) is 1. The van der Waals surface area contributed by atoms with Gasteiger partial charge in [0.05, 0.1) is 4.88 Å². The molecule has 0 atom stereocenters. The number of aryl methyl sites for hydroxylation is 1. The van der Waals surface area contributed by atoms with Crippen molar-refractivity contribution in [2.75, 3.05) is 5.32 Å². The van der Waals surface area contributed by atoms with Crippen LogP contribution in [0.2, 0.25) is 0 Å². The van der Waals surface area contributed by atoms with E-state index in [1.165, 1.54) is 35.6 Å². The molecule has 23 heavy (non-hydrogen) atoms. The van der Waals surface area contributed by atoms with E-state index in [0.29, 0.717) is 26.6 Å². The van der Waals surface area contributed by atoms with Crippen LogP contribution in [0.4, 0.5) is 14.5 Å². The largest absolute Gasteiger partial charge is 0.321 e. The Hall–Kier alpha value is -2.53. The predicted molar refractivity (Wildman–Crippen MR) is 88.8 cm³/mol. The van der Waals surface area contributed by atoms with Gasteiger partial charge in [0.2, 0.25) is 0 Å². The Morgan fingerprint density at radius 1 is 1.04 bits per heavy atom. The van der Waals surface area contributed by atoms with Gasteiger partial charge < -0.3 is 5.32 Å². The molecule has 0 saturated heterocycles. The molecule has 0 saturated carbocycles. The van der Waals surface area contributed by atoms with Crippen molar-refractivity contribution in [3.8, 4) is 10.4 Å². The summed E-state index contributed by atoms with van der Waals surface area (Å²) in [4.78, 5) is 13.4. The first kappa shape index (κ1) is 15.4. The zero-order valence-electron chi connectivity index (χ0n) is 12.3. The number of anilines is 1. The Morgan fingerprint density at radius 3 is 2.57 bits per heavy atom. The first-order chi connectivity index (χ1) is 11.0. The molecule has 0 aliphatic carbocycles. The molecule has 0 bridgehead atoms. The molecule has 2 aromatic carbocycles. The molecule has 1 aromatic heterocycles. The van der Waals surface area contributed by atoms with Crippen molar-refractivity contribution in [1.82, 2.24) is 0 Å². The number of carbonyl (C=O) groups is 1. The standard InChI is InChI=1S/C18H13F2NOS/c1-11-10-12(19)6-7-15(11)21-18(22)17-9-8-16(23-17)13-4-2-3-5-14(13)20/h2-10H,1H3,(H,21,22). The highest BCUT2D eigenvalue weighted by Gasteiger charge is 2.13. The minimum Gasteiger partial charge on any atom is -0.321 e. The molecule has 1 N–H and O–H groups in total. The van der Waals surface area contributed by atoms with Gasteiger partial charge in [-0.3, -0.25) is 4.79 Å². The number of nitrogens with one attached hydrogen (secondary N) is 1. The molecule has 3 aromatic rings. The maximum atomic E-state index is 13.8. The second-order valence-electron chi connectivity index (χ2n) is 5.06. The van der Waals surface area contributed by atoms with E-state index in [1.807, 2.05) is 0 Å². The fourth-order valence-electron chi connectivity index (χ4n) is 2.22. The Morgan fingerprint density at radius 2 is 1.83 bits per heavy atom. The third-order valence-corrected chi connectivity index (χ3v) is 4.52. The van der Waals surface area contributed by atoms with Crippen LogP contribution in [-0.2, 0) is 0 Å². The summed E-state index contributed by atoms with van der Waals surface area (Å²) in [7, 11) is 0. The number of rotatable bonds is 3. The quantitative estimate of drug-likeness (QED) is 0.698. The summed E-state index contributed by atoms with van der Waals surface area (Å²) in [5.41, 5.74) is 1.66. The summed E-state index contributed by atoms with van der Waals surface area (Å²) in [5, 5.41) is 2.74. The van der Waals surface area contributed by atoms with Gasteiger partial charge in [0.25, 0.3) is 5.91 Å². The maximum Gasteiger partial charge on any atom is 0.265 e. The van der Waals surface area contributed by atoms with Crippen molar-refractivity contribution in [2.45, 2.75) is 6.92 Å². The summed E-state index contributed by atoms with van der Waals surface area (Å²) < 4.78 is 26.9. The molecule has 5 heteroatoms. The molecule has 1 heterocycles. The van der Waals surface area contributed by atoms with Gasteiger partial charge in [-0.1, -0.05) is 18.2 Å². The molecule has 2 nitrogen and oxygen atoms in total. The van der Waals surface area contributed by atoms with Crippen molar-refractivity contribution >= 4 is 22.9 Å². The molecular formula is C18H13F2NOS. The average Bonchev–Trinajstić information content (AvgIpc) is 3.00. The van der Waals surface area contributed by atoms with Gasteiger partial charge in [-0.15, -0.1) is 11.3 Å². The fraction of sp³-hybridized carbons (Fsp3) is 0.0556. The number of benzene rings is 2. The van der Waals surface area contributed by atoms with Crippen LogP contribution in [0.15, 0.2) is 54.6 Å². The van der Waals surface area contributed by atoms with Crippen LogP contribution in [0.3, 0.4) is 0 Å². The average molecular weight is 329 g/mol. The summed E-state index contributed by atoms with van der Waals surface area (Å²) in [6.07, 6.45) is 0. The van der Waals surface area contributed by atoms with E-state index >= 15 is 0 Å². The van der Waals surface area contributed by atoms with E-state index in [0.717, 1.165) is 0 Å². The molecule has 0 aliphatic rings. The van der Waals surface area contributed by atoms with Crippen LogP contribution in [-0.4, -0.2) is 5.91 Å². The number of halogens is 2. The maximum absolute atomic E-state index is 13.8. The van der Waals surface area contributed by atoms with E-state index in [9.17, 15) is 13.6 Å². The lowest BCUT2D eigenvalue weighted by Gasteiger charge is -2.07. The summed E-state index contributed by atoms with van der Waals surface area (Å²) in [6.45, 7) is 1.72. The van der Waals surface area contributed by atoms with Gasteiger partial charge in [0, 0.05) is 16.1 Å². The van der Waals surface area contributed by atoms with Gasteiger partial charge in [0.15, 0.2) is 0 Å². The molecule has 116 valence electrons. The molecule has 0 unspecified atom stereocenters. The number of carbonyl (C=O) groups excluding carboxylic acids is 1. The normalized spacial score (nSPS) is 10.6. The predicted octanol–water partition coefficient (Wildman–Crippen LogP) is 5.25. The zero-order chi connectivity index (χ0) is 16.4. The second kappa shape index (κ2) is 6.30. The lowest BCUT2D eigenvalue weighted by atomic mass is 10.2. The molecule has 1 amide bonds. The molecule has 0 aliphatic heterocycles. The Kier molecular flexibility index (Phi) is 4.21. The highest BCUT2D eigenvalue weighted by molar-refractivity contribution is 7.17. The Labute approximate surface area is 136 Å². The highest BCUT2D eigenvalue weighted by Crippen LogP contribution is 2.30. The van der Waals surface area contributed by atoms with Crippen LogP contribution < -0.4 is 5.32 Å². The van der Waals surface area contributed by atoms with Crippen molar-refractivity contribution in [3.63, 3.8) is 0 Å². The fourth-order valence-corrected chi connectivity index (χ4v) is 3.15. The SMILES string of the molecule is Cc1cc(F)ccc1NC(=O)c1ccc(-c2ccccc2F)s1. The Balaban J connectivity index is 1.83. The van der Waals surface area contributed by atoms with Crippen molar-refractivity contribution in [3.05, 3.63) is 76.7 Å². The van der Waals surface area contributed by atoms with E-state index in [-0.39, 0.29) is 17.5 Å². The van der Waals surface area contributed by atoms with Gasteiger partial charge in [0.1, 0.15) is 11.6 Å². The van der Waals surface area contributed by atoms with Crippen LogP contribution in [0.25, 0.3) is 10.4 Å². The molecule has 0 fully saturated rings. The number of hydrogen-bond acceptors (Lipinski definition) is 2. The van der Waals surface area contributed by atoms with E-state index in [1.54, 1.807) is 37.3 Å². The number of thiophene rings is 1. The molecule has 0 radical (unpaired) electrons. The third kappa shape index (κ3) is 3.29. The molecular weight excluding hydrogens is 316 g/mol. The molecule has 0 spiro atoms. The first-order valence-corrected chi connectivity index (χ1v) is 7.78. The van der Waals surface area contributed by atoms with E-state index in [4.69, 9.17) is 0 Å². The van der Waals surface area contributed by atoms with Crippen LogP contribution in [0.5, 0.6) is 0 Å². The lowest BCUT2D eigenvalue weighted by molar-refractivity contribution is 0.103. The van der Waals surface area contributed by atoms with Crippen LogP contribution in [0.1, 0.15) is 15.2 Å². The topological polar surface area (TPSA) is 29.1 Å². The summed E-state index contributed by atoms with van der Waals surface area (Å²) >= 11 is 1.21. The van der Waals surface area contributed by atoms with Gasteiger partial charge in [-0.25, -0.2) is 8.78 Å². The third-order valence-electron chi connectivity index (χ3n) is 3.41. The smallest absolute Gasteiger partial charge is 0.265 e. The van der Waals surface area contributed by atoms with Crippen molar-refractivity contribution in [2.24, 2.45) is 0 Å². The van der Waals surface area contributed by atoms with Crippen molar-refractivity contribution in [1.29, 1.82) is 0 Å². The molecule has 3 rings (SSSR count). The summed E-state index contributed by atoms with van der Waals surface area (Å²) in [5.74, 6) is -0.971. The first-order valence-electron chi connectivity index (χ1n) is 6.97.